The number of aliphatic hydroxyl groups is 7. The summed E-state index contributed by atoms with van der Waals surface area (Å²) >= 11 is 0. The van der Waals surface area contributed by atoms with Crippen LogP contribution in [0.1, 0.15) is 371 Å². The molecular formula is C89H159NNa2O30P2S. The number of allylic oxidation sites excluding steroid dienone is 1. The van der Waals surface area contributed by atoms with E-state index in [0.29, 0.717) is 75.8 Å². The van der Waals surface area contributed by atoms with Crippen molar-refractivity contribution in [2.24, 2.45) is 29.1 Å². The molecule has 3 heterocycles. The monoisotopic (exact) mass is 1860 g/mol. The molecule has 31 nitrogen and oxygen atoms in total. The van der Waals surface area contributed by atoms with E-state index in [1.807, 2.05) is 6.92 Å². The molecule has 0 radical (unpaired) electrons. The fraction of sp³-hybridized carbons (Fsp3) is 0.921. The summed E-state index contributed by atoms with van der Waals surface area (Å²) in [7, 11) is -15.1. The second-order valence-electron chi connectivity index (χ2n) is 36.8. The molecule has 718 valence electrons. The first-order chi connectivity index (χ1) is 58.1. The molecule has 4 aliphatic carbocycles. The molecule has 18 unspecified atom stereocenters. The van der Waals surface area contributed by atoms with Gasteiger partial charge in [0.15, 0.2) is 18.3 Å². The first kappa shape index (κ1) is 118. The van der Waals surface area contributed by atoms with E-state index in [1.165, 1.54) is 103 Å². The number of phosphoric acid groups is 2. The SMILES string of the molecule is CC=C(C)C(=O)OC1CCC2(C)C3CCC4C5(O)CC(O)C6(O)C(CN7CC(C)CCC7C6(C)O)C5(O)CC42OC13O.CCCCCCCCCCCC(=O)OCC(COP(=O)([O-])OCC(O)COP(=O)([O-])OCC(COC(=O)CCCCCCCCCCC)OC(=O)CCCCCCCCCCC)OC(=O)CCCCCCCCCCC.O=S(=O)(O)O.[Na+].[Na+]. The summed E-state index contributed by atoms with van der Waals surface area (Å²) in [6, 6.07) is -0.387. The number of nitrogens with zero attached hydrogens (tertiary/aromatic N) is 1. The number of carbonyl (C=O) groups excluding carboxylic acids is 5. The molecule has 0 aromatic heterocycles. The number of phosphoric ester groups is 2. The average Bonchev–Trinajstić information content (AvgIpc) is 1.44. The van der Waals surface area contributed by atoms with E-state index < -0.39 is 183 Å². The third kappa shape index (κ3) is 36.8. The van der Waals surface area contributed by atoms with E-state index in [9.17, 15) is 78.6 Å². The number of ether oxygens (including phenoxy) is 6. The third-order valence-electron chi connectivity index (χ3n) is 27.1. The standard InChI is InChI=1S/C57H110O17P2.C32H49NO9.2Na.H2O4S/c1-5-9-13-17-21-25-29-33-37-41-54(59)67-47-52(73-56(61)43-39-35-31-27-23-19-15-11-7-3)49-71-75(63,64)69-45-51(58)46-70-76(65,66)72-50-53(74-57(62)44-40-36-32-28-24-20-16-12-8-4)48-68-55(60)42-38-34-30-26-22-18-14-10-6-2;1-6-18(3)25(35)41-24-11-12-26(4)19-8-9-20-28(37)13-23(34)31(39)21(29(28,38)16-30(20,26)42-32(19,24)40)15-33-14-17(2)7-10-22(33)27(31,5)36;;;1-5(2,3)4/h51-53,58H,5-50H2,1-4H3,(H,63,64)(H,65,66);6,17,19-24,34,36-40H,7-16H2,1-5H3;;;(H2,1,2,3,4)/q;;2*+1;/p-2. The molecule has 9 N–H and O–H groups in total. The fourth-order valence-corrected chi connectivity index (χ4v) is 21.7. The molecule has 1 spiro atoms. The van der Waals surface area contributed by atoms with Crippen molar-refractivity contribution in [1.29, 1.82) is 0 Å². The zero-order valence-corrected chi connectivity index (χ0v) is 84.4. The van der Waals surface area contributed by atoms with E-state index >= 15 is 0 Å². The van der Waals surface area contributed by atoms with Crippen LogP contribution in [0, 0.1) is 29.1 Å². The molecule has 3 saturated heterocycles. The molecule has 4 saturated carbocycles. The summed E-state index contributed by atoms with van der Waals surface area (Å²) in [5.74, 6) is -6.29. The van der Waals surface area contributed by atoms with Crippen LogP contribution >= 0.6 is 15.6 Å². The number of aliphatic hydroxyl groups excluding tert-OH is 2. The van der Waals surface area contributed by atoms with Gasteiger partial charge >= 0.3 is 99.4 Å². The van der Waals surface area contributed by atoms with Crippen molar-refractivity contribution in [3.8, 4) is 0 Å². The van der Waals surface area contributed by atoms with E-state index in [0.717, 1.165) is 109 Å². The maximum absolute atomic E-state index is 12.9. The first-order valence-corrected chi connectivity index (χ1v) is 51.3. The number of carbonyl (C=O) groups is 5. The number of piperidine rings is 2. The topological polar surface area (TPSA) is 477 Å². The molecule has 7 aliphatic rings. The van der Waals surface area contributed by atoms with Crippen molar-refractivity contribution in [1.82, 2.24) is 4.90 Å². The second-order valence-corrected chi connectivity index (χ2v) is 40.5. The Labute approximate surface area is 791 Å². The summed E-state index contributed by atoms with van der Waals surface area (Å²) in [5.41, 5.74) is -8.96. The Morgan fingerprint density at radius 2 is 0.872 bits per heavy atom. The normalized spacial score (nSPS) is 29.4. The zero-order chi connectivity index (χ0) is 91.2. The molecule has 125 heavy (non-hydrogen) atoms. The molecule has 0 aromatic carbocycles. The zero-order valence-electron chi connectivity index (χ0n) is 77.8. The van der Waals surface area contributed by atoms with Crippen molar-refractivity contribution in [3.05, 3.63) is 11.6 Å². The van der Waals surface area contributed by atoms with Gasteiger partial charge in [0.2, 0.25) is 5.79 Å². The van der Waals surface area contributed by atoms with Crippen LogP contribution < -0.4 is 68.9 Å². The number of fused-ring (bicyclic) bond motifs is 5. The second kappa shape index (κ2) is 58.3. The van der Waals surface area contributed by atoms with Crippen LogP contribution in [-0.2, 0) is 90.0 Å². The molecule has 36 heteroatoms. The molecule has 4 bridgehead atoms. The van der Waals surface area contributed by atoms with Gasteiger partial charge in [-0.3, -0.25) is 42.3 Å². The molecule has 7 fully saturated rings. The summed E-state index contributed by atoms with van der Waals surface area (Å²) in [4.78, 5) is 91.1. The quantitative estimate of drug-likeness (QED) is 0.00525. The van der Waals surface area contributed by atoms with Crippen molar-refractivity contribution >= 4 is 55.9 Å². The van der Waals surface area contributed by atoms with Gasteiger partial charge in [0.05, 0.1) is 38.1 Å². The van der Waals surface area contributed by atoms with E-state index in [-0.39, 0.29) is 110 Å². The smallest absolute Gasteiger partial charge is 0.756 e. The Bertz CT molecular complexity index is 3270. The van der Waals surface area contributed by atoms with Gasteiger partial charge in [-0.25, -0.2) is 4.79 Å². The van der Waals surface area contributed by atoms with Gasteiger partial charge in [0.1, 0.15) is 41.7 Å². The van der Waals surface area contributed by atoms with Crippen LogP contribution in [0.25, 0.3) is 0 Å². The van der Waals surface area contributed by atoms with Crippen LogP contribution in [0.3, 0.4) is 0 Å². The minimum Gasteiger partial charge on any atom is -0.756 e. The minimum atomic E-state index is -5.20. The summed E-state index contributed by atoms with van der Waals surface area (Å²) in [5, 5.41) is 84.4. The van der Waals surface area contributed by atoms with Crippen molar-refractivity contribution in [2.45, 2.75) is 441 Å². The Hall–Kier alpha value is -1.18. The van der Waals surface area contributed by atoms with Gasteiger partial charge in [0, 0.05) is 86.4 Å². The van der Waals surface area contributed by atoms with Gasteiger partial charge in [-0.05, 0) is 90.9 Å². The predicted octanol–water partition coefficient (Wildman–Crippen LogP) is 8.29. The number of hydrogen-bond acceptors (Lipinski definition) is 29. The van der Waals surface area contributed by atoms with E-state index in [4.69, 9.17) is 64.0 Å². The van der Waals surface area contributed by atoms with Gasteiger partial charge in [-0.2, -0.15) is 8.42 Å². The maximum Gasteiger partial charge on any atom is 1.00 e. The van der Waals surface area contributed by atoms with Crippen LogP contribution in [0.4, 0.5) is 0 Å². The van der Waals surface area contributed by atoms with Gasteiger partial charge in [-0.1, -0.05) is 253 Å². The molecule has 7 rings (SSSR count). The molecular weight excluding hydrogens is 1700 g/mol. The van der Waals surface area contributed by atoms with Gasteiger partial charge in [0.25, 0.3) is 15.6 Å². The van der Waals surface area contributed by atoms with E-state index in [2.05, 4.69) is 39.5 Å². The largest absolute Gasteiger partial charge is 1.00 e. The molecule has 18 atom stereocenters. The Morgan fingerprint density at radius 3 is 1.26 bits per heavy atom. The van der Waals surface area contributed by atoms with Crippen LogP contribution in [0.15, 0.2) is 11.6 Å². The molecule has 0 amide bonds. The summed E-state index contributed by atoms with van der Waals surface area (Å²) in [6.45, 7) is 14.4. The number of esters is 5. The minimum absolute atomic E-state index is 0. The first-order valence-electron chi connectivity index (χ1n) is 47.0. The Morgan fingerprint density at radius 1 is 0.512 bits per heavy atom. The van der Waals surface area contributed by atoms with Gasteiger partial charge < -0.3 is 92.0 Å². The summed E-state index contributed by atoms with van der Waals surface area (Å²) < 4.78 is 111. The van der Waals surface area contributed by atoms with Crippen LogP contribution in [0.2, 0.25) is 0 Å². The maximum atomic E-state index is 12.9. The average molecular weight is 1860 g/mol. The number of rotatable bonds is 60. The summed E-state index contributed by atoms with van der Waals surface area (Å²) in [6.07, 6.45) is 36.5. The Balaban J connectivity index is 0.000000680. The predicted molar refractivity (Wildman–Crippen MR) is 458 cm³/mol. The van der Waals surface area contributed by atoms with Crippen molar-refractivity contribution < 1.29 is 202 Å². The Kier molecular flexibility index (Phi) is 55.0. The van der Waals surface area contributed by atoms with Crippen LogP contribution in [0.5, 0.6) is 0 Å². The molecule has 0 aromatic rings. The fourth-order valence-electron chi connectivity index (χ4n) is 20.2. The number of unbranched alkanes of at least 4 members (excludes halogenated alkanes) is 32. The van der Waals surface area contributed by atoms with Crippen molar-refractivity contribution in [3.63, 3.8) is 0 Å². The van der Waals surface area contributed by atoms with Crippen molar-refractivity contribution in [2.75, 3.05) is 52.7 Å². The number of hydrogen-bond donors (Lipinski definition) is 9. The van der Waals surface area contributed by atoms with Gasteiger partial charge in [-0.15, -0.1) is 0 Å². The van der Waals surface area contributed by atoms with E-state index in [1.54, 1.807) is 26.8 Å². The third-order valence-corrected chi connectivity index (χ3v) is 29.0. The molecule has 3 aliphatic heterocycles. The van der Waals surface area contributed by atoms with Crippen LogP contribution in [-0.4, -0.2) is 211 Å².